The molecule has 0 atom stereocenters. The number of carbonyl (C=O) groups is 1. The molecule has 0 spiro atoms. The van der Waals surface area contributed by atoms with Crippen LogP contribution in [0.2, 0.25) is 0 Å². The largest absolute Gasteiger partial charge is 0.494 e. The fourth-order valence-electron chi connectivity index (χ4n) is 2.68. The van der Waals surface area contributed by atoms with Gasteiger partial charge >= 0.3 is 5.97 Å². The average Bonchev–Trinajstić information content (AvgIpc) is 2.70. The highest BCUT2D eigenvalue weighted by Crippen LogP contribution is 2.14. The van der Waals surface area contributed by atoms with Crippen molar-refractivity contribution in [2.75, 3.05) is 13.2 Å². The van der Waals surface area contributed by atoms with Crippen LogP contribution >= 0.6 is 0 Å². The third-order valence-electron chi connectivity index (χ3n) is 4.57. The van der Waals surface area contributed by atoms with Crippen LogP contribution in [-0.2, 0) is 33.5 Å². The number of benzene rings is 2. The highest BCUT2D eigenvalue weighted by atomic mass is 16.5. The van der Waals surface area contributed by atoms with Crippen molar-refractivity contribution in [3.05, 3.63) is 107 Å². The molecule has 0 radical (unpaired) electrons. The summed E-state index contributed by atoms with van der Waals surface area (Å²) in [5.74, 6) is 0.316. The molecule has 0 fully saturated rings. The molecule has 3 heteroatoms. The molecule has 3 nitrogen and oxygen atoms in total. The maximum Gasteiger partial charge on any atom is 0.333 e. The smallest absolute Gasteiger partial charge is 0.333 e. The van der Waals surface area contributed by atoms with Gasteiger partial charge in [-0.25, -0.2) is 4.79 Å². The van der Waals surface area contributed by atoms with Gasteiger partial charge in [-0.05, 0) is 48.1 Å². The number of carbonyl (C=O) groups excluding carboxylic acids is 1. The Bertz CT molecular complexity index is 784. The van der Waals surface area contributed by atoms with E-state index in [1.54, 1.807) is 6.92 Å². The molecule has 0 aromatic heterocycles. The molecular weight excluding hydrogens is 360 g/mol. The Morgan fingerprint density at radius 1 is 0.690 bits per heavy atom. The Morgan fingerprint density at radius 3 is 1.52 bits per heavy atom. The van der Waals surface area contributed by atoms with Crippen molar-refractivity contribution < 1.29 is 14.3 Å². The number of hydrogen-bond donors (Lipinski definition) is 0. The minimum atomic E-state index is -0.336. The Morgan fingerprint density at radius 2 is 1.10 bits per heavy atom. The van der Waals surface area contributed by atoms with Gasteiger partial charge in [-0.1, -0.05) is 68.3 Å². The third kappa shape index (κ3) is 7.82. The second-order valence-electron chi connectivity index (χ2n) is 7.28. The van der Waals surface area contributed by atoms with Gasteiger partial charge in [0.05, 0.1) is 13.2 Å². The van der Waals surface area contributed by atoms with Crippen LogP contribution in [0, 0.1) is 0 Å². The van der Waals surface area contributed by atoms with Gasteiger partial charge in [-0.15, -0.1) is 0 Å². The summed E-state index contributed by atoms with van der Waals surface area (Å²) in [7, 11) is 0. The van der Waals surface area contributed by atoms with Crippen molar-refractivity contribution in [2.45, 2.75) is 33.1 Å². The van der Waals surface area contributed by atoms with Gasteiger partial charge in [-0.3, -0.25) is 0 Å². The van der Waals surface area contributed by atoms with Crippen molar-refractivity contribution in [3.63, 3.8) is 0 Å². The molecular formula is C26H30O3. The van der Waals surface area contributed by atoms with Crippen LogP contribution in [0.3, 0.4) is 0 Å². The van der Waals surface area contributed by atoms with Crippen LogP contribution in [0.25, 0.3) is 0 Å². The maximum absolute atomic E-state index is 11.4. The van der Waals surface area contributed by atoms with E-state index in [0.29, 0.717) is 31.0 Å². The van der Waals surface area contributed by atoms with E-state index >= 15 is 0 Å². The van der Waals surface area contributed by atoms with E-state index in [1.165, 1.54) is 16.7 Å². The molecule has 0 unspecified atom stereocenters. The van der Waals surface area contributed by atoms with Crippen molar-refractivity contribution in [1.29, 1.82) is 0 Å². The van der Waals surface area contributed by atoms with E-state index in [9.17, 15) is 4.79 Å². The van der Waals surface area contributed by atoms with E-state index in [0.717, 1.165) is 24.0 Å². The van der Waals surface area contributed by atoms with Gasteiger partial charge in [0.1, 0.15) is 5.76 Å². The molecule has 2 aromatic carbocycles. The van der Waals surface area contributed by atoms with Crippen molar-refractivity contribution in [1.82, 2.24) is 0 Å². The predicted molar refractivity (Wildman–Crippen MR) is 119 cm³/mol. The van der Waals surface area contributed by atoms with E-state index in [-0.39, 0.29) is 5.97 Å². The van der Waals surface area contributed by atoms with Gasteiger partial charge < -0.3 is 9.47 Å². The zero-order valence-corrected chi connectivity index (χ0v) is 17.5. The third-order valence-corrected chi connectivity index (χ3v) is 4.57. The topological polar surface area (TPSA) is 35.5 Å². The van der Waals surface area contributed by atoms with Crippen LogP contribution in [0.4, 0.5) is 0 Å². The van der Waals surface area contributed by atoms with Gasteiger partial charge in [0.15, 0.2) is 0 Å². The number of ether oxygens (including phenoxy) is 2. The van der Waals surface area contributed by atoms with Gasteiger partial charge in [0, 0.05) is 18.4 Å². The molecule has 0 saturated heterocycles. The first kappa shape index (κ1) is 22.2. The lowest BCUT2D eigenvalue weighted by Gasteiger charge is -2.09. The van der Waals surface area contributed by atoms with Crippen LogP contribution in [-0.4, -0.2) is 19.2 Å². The summed E-state index contributed by atoms with van der Waals surface area (Å²) in [6, 6.07) is 17.0. The fourth-order valence-corrected chi connectivity index (χ4v) is 2.68. The second kappa shape index (κ2) is 11.1. The zero-order valence-electron chi connectivity index (χ0n) is 17.5. The fraction of sp³-hybridized carbons (Fsp3) is 0.269. The summed E-state index contributed by atoms with van der Waals surface area (Å²) >= 11 is 0. The standard InChI is InChI=1S/C26H30O3/c1-19(2)21(5)28-16-14-22-6-10-24(11-7-22)18-25-12-8-23(9-13-25)15-17-29-26(27)20(3)4/h6-13H,1,3,5,14-18H2,2,4H3. The summed E-state index contributed by atoms with van der Waals surface area (Å²) in [5.41, 5.74) is 6.19. The number of rotatable bonds is 11. The van der Waals surface area contributed by atoms with Crippen molar-refractivity contribution >= 4 is 5.97 Å². The quantitative estimate of drug-likeness (QED) is 0.217. The van der Waals surface area contributed by atoms with Crippen LogP contribution in [0.5, 0.6) is 0 Å². The zero-order chi connectivity index (χ0) is 21.2. The molecule has 152 valence electrons. The van der Waals surface area contributed by atoms with E-state index < -0.39 is 0 Å². The summed E-state index contributed by atoms with van der Waals surface area (Å²) in [5, 5.41) is 0. The molecule has 0 amide bonds. The molecule has 0 heterocycles. The molecule has 0 bridgehead atoms. The van der Waals surface area contributed by atoms with E-state index in [1.807, 2.05) is 6.92 Å². The van der Waals surface area contributed by atoms with E-state index in [4.69, 9.17) is 9.47 Å². The minimum Gasteiger partial charge on any atom is -0.494 e. The van der Waals surface area contributed by atoms with Gasteiger partial charge in [0.25, 0.3) is 0 Å². The first-order valence-electron chi connectivity index (χ1n) is 9.81. The molecule has 2 rings (SSSR count). The molecule has 0 aliphatic carbocycles. The van der Waals surface area contributed by atoms with Crippen molar-refractivity contribution in [2.24, 2.45) is 0 Å². The lowest BCUT2D eigenvalue weighted by Crippen LogP contribution is -2.08. The Kier molecular flexibility index (Phi) is 8.47. The van der Waals surface area contributed by atoms with Gasteiger partial charge in [-0.2, -0.15) is 0 Å². The SMILES string of the molecule is C=C(C)C(=C)OCCc1ccc(Cc2ccc(CCOC(=O)C(=C)C)cc2)cc1. The molecule has 29 heavy (non-hydrogen) atoms. The first-order chi connectivity index (χ1) is 13.8. The predicted octanol–water partition coefficient (Wildman–Crippen LogP) is 5.59. The summed E-state index contributed by atoms with van der Waals surface area (Å²) in [6.45, 7) is 15.8. The summed E-state index contributed by atoms with van der Waals surface area (Å²) < 4.78 is 10.7. The van der Waals surface area contributed by atoms with Gasteiger partial charge in [0.2, 0.25) is 0 Å². The molecule has 0 aliphatic heterocycles. The molecule has 0 saturated carbocycles. The van der Waals surface area contributed by atoms with Crippen LogP contribution in [0.15, 0.2) is 85.2 Å². The number of esters is 1. The molecule has 0 N–H and O–H groups in total. The Hall–Kier alpha value is -3.07. The number of hydrogen-bond acceptors (Lipinski definition) is 3. The van der Waals surface area contributed by atoms with Crippen LogP contribution < -0.4 is 0 Å². The Balaban J connectivity index is 1.79. The summed E-state index contributed by atoms with van der Waals surface area (Å²) in [4.78, 5) is 11.4. The normalized spacial score (nSPS) is 10.3. The lowest BCUT2D eigenvalue weighted by atomic mass is 10.0. The number of allylic oxidation sites excluding steroid dienone is 1. The first-order valence-corrected chi connectivity index (χ1v) is 9.81. The maximum atomic E-state index is 11.4. The average molecular weight is 391 g/mol. The molecule has 0 aliphatic rings. The monoisotopic (exact) mass is 390 g/mol. The highest BCUT2D eigenvalue weighted by Gasteiger charge is 2.04. The lowest BCUT2D eigenvalue weighted by molar-refractivity contribution is -0.138. The Labute approximate surface area is 174 Å². The highest BCUT2D eigenvalue weighted by molar-refractivity contribution is 5.86. The summed E-state index contributed by atoms with van der Waals surface area (Å²) in [6.07, 6.45) is 2.43. The molecule has 2 aromatic rings. The van der Waals surface area contributed by atoms with E-state index in [2.05, 4.69) is 68.3 Å². The van der Waals surface area contributed by atoms with Crippen LogP contribution in [0.1, 0.15) is 36.1 Å². The minimum absolute atomic E-state index is 0.336. The van der Waals surface area contributed by atoms with Crippen molar-refractivity contribution in [3.8, 4) is 0 Å². The second-order valence-corrected chi connectivity index (χ2v) is 7.28.